The number of nitrogens with one attached hydrogen (secondary N) is 1. The molecule has 0 radical (unpaired) electrons. The second-order valence-electron chi connectivity index (χ2n) is 10.4. The van der Waals surface area contributed by atoms with Gasteiger partial charge < -0.3 is 27.5 Å². The number of aliphatic carboxylic acids is 1. The van der Waals surface area contributed by atoms with Crippen molar-refractivity contribution in [1.29, 1.82) is 5.26 Å². The summed E-state index contributed by atoms with van der Waals surface area (Å²) in [5.41, 5.74) is 3.53. The number of hydrogen-bond donors (Lipinski definition) is 2. The third-order valence-corrected chi connectivity index (χ3v) is 7.53. The molecule has 1 aliphatic heterocycles. The van der Waals surface area contributed by atoms with Crippen LogP contribution in [0.1, 0.15) is 37.7 Å². The monoisotopic (exact) mass is 747 g/mol. The Labute approximate surface area is 319 Å². The summed E-state index contributed by atoms with van der Waals surface area (Å²) >= 11 is 0. The van der Waals surface area contributed by atoms with E-state index < -0.39 is 18.0 Å². The van der Waals surface area contributed by atoms with Gasteiger partial charge in [-0.05, 0) is 74.4 Å². The van der Waals surface area contributed by atoms with Gasteiger partial charge in [0, 0.05) is 50.2 Å². The van der Waals surface area contributed by atoms with E-state index in [0.717, 1.165) is 68.3 Å². The van der Waals surface area contributed by atoms with E-state index in [1.807, 2.05) is 16.8 Å². The number of carbonyl (C=O) groups is 1. The van der Waals surface area contributed by atoms with Gasteiger partial charge in [0.15, 0.2) is 0 Å². The molecule has 5 rings (SSSR count). The number of benzene rings is 2. The minimum atomic E-state index is -5.08. The predicted octanol–water partition coefficient (Wildman–Crippen LogP) is 4.02. The van der Waals surface area contributed by atoms with Crippen molar-refractivity contribution in [2.45, 2.75) is 44.3 Å². The molecule has 1 fully saturated rings. The van der Waals surface area contributed by atoms with Crippen LogP contribution in [-0.2, 0) is 9.53 Å². The molecule has 0 saturated carbocycles. The standard InChI is InChI=1S/C29H32FN5O.C2HF3O2.CH3.Cs/c1-34(25-13-15-36-16-14-25)24-9-11-26(12-10-24)35-28(22-7-8-23(19-31)27(30)17-22)18-29(33-35)32-20-21-5-3-2-4-6-21;3-2(4,5)1(6)7;;/h2-3,7-12,17-18,21,25H,4-6,13-16,20H2,1H3,(H,32,33);(H,6,7);1H3;/q;;-1;+1. The topological polar surface area (TPSA) is 103 Å². The second-order valence-corrected chi connectivity index (χ2v) is 10.4. The number of rotatable bonds is 7. The average molecular weight is 748 g/mol. The van der Waals surface area contributed by atoms with E-state index in [4.69, 9.17) is 25.0 Å². The molecule has 3 aromatic rings. The fraction of sp³-hybridized carbons (Fsp3) is 0.375. The molecule has 13 heteroatoms. The third-order valence-electron chi connectivity index (χ3n) is 7.53. The molecule has 1 unspecified atom stereocenters. The fourth-order valence-corrected chi connectivity index (χ4v) is 5.04. The number of nitriles is 1. The molecule has 0 bridgehead atoms. The number of anilines is 2. The van der Waals surface area contributed by atoms with Crippen molar-refractivity contribution >= 4 is 17.5 Å². The zero-order chi connectivity index (χ0) is 31.0. The summed E-state index contributed by atoms with van der Waals surface area (Å²) in [6, 6.07) is 17.4. The van der Waals surface area contributed by atoms with Crippen LogP contribution in [0.2, 0.25) is 0 Å². The maximum Gasteiger partial charge on any atom is 1.00 e. The Morgan fingerprint density at radius 2 is 1.80 bits per heavy atom. The van der Waals surface area contributed by atoms with Gasteiger partial charge in [0.2, 0.25) is 0 Å². The Bertz CT molecular complexity index is 1460. The van der Waals surface area contributed by atoms with Crippen LogP contribution in [0.25, 0.3) is 16.9 Å². The number of carboxylic acids is 1. The fourth-order valence-electron chi connectivity index (χ4n) is 5.04. The van der Waals surface area contributed by atoms with Gasteiger partial charge in [-0.3, -0.25) is 0 Å². The molecule has 0 amide bonds. The molecule has 236 valence electrons. The second kappa shape index (κ2) is 18.1. The molecular formula is C32H36CsF4N5O3. The van der Waals surface area contributed by atoms with Crippen LogP contribution < -0.4 is 79.1 Å². The Morgan fingerprint density at radius 3 is 2.36 bits per heavy atom. The first-order valence-corrected chi connectivity index (χ1v) is 14.0. The Kier molecular flexibility index (Phi) is 15.7. The summed E-state index contributed by atoms with van der Waals surface area (Å²) in [5, 5.41) is 24.6. The first kappa shape index (κ1) is 38.9. The third kappa shape index (κ3) is 10.9. The zero-order valence-electron chi connectivity index (χ0n) is 25.6. The van der Waals surface area contributed by atoms with Gasteiger partial charge in [0.1, 0.15) is 17.7 Å². The summed E-state index contributed by atoms with van der Waals surface area (Å²) in [6.45, 7) is 2.45. The van der Waals surface area contributed by atoms with E-state index in [9.17, 15) is 17.6 Å². The SMILES string of the molecule is CN(c1ccc(-n2nc(NCC3CC=CCC3)cc2-c2ccc(C#N)c(F)c2)cc1)C1CCOCC1.O=C(O)C(F)(F)F.[CH3-].[Cs+]. The van der Waals surface area contributed by atoms with E-state index in [2.05, 4.69) is 53.7 Å². The number of allylic oxidation sites excluding steroid dienone is 2. The summed E-state index contributed by atoms with van der Waals surface area (Å²) in [5.74, 6) is -1.95. The van der Waals surface area contributed by atoms with Gasteiger partial charge in [-0.1, -0.05) is 18.2 Å². The van der Waals surface area contributed by atoms with Gasteiger partial charge in [-0.15, -0.1) is 5.10 Å². The van der Waals surface area contributed by atoms with Crippen molar-refractivity contribution in [3.8, 4) is 23.0 Å². The van der Waals surface area contributed by atoms with Crippen LogP contribution in [0.5, 0.6) is 0 Å². The summed E-state index contributed by atoms with van der Waals surface area (Å²) in [6.07, 6.45) is 4.81. The minimum Gasteiger partial charge on any atom is -0.475 e. The van der Waals surface area contributed by atoms with E-state index in [-0.39, 0.29) is 81.9 Å². The summed E-state index contributed by atoms with van der Waals surface area (Å²) < 4.78 is 53.6. The Hall–Kier alpha value is -2.32. The van der Waals surface area contributed by atoms with Crippen LogP contribution >= 0.6 is 0 Å². The zero-order valence-corrected chi connectivity index (χ0v) is 31.9. The molecule has 8 nitrogen and oxygen atoms in total. The van der Waals surface area contributed by atoms with Crippen LogP contribution in [-0.4, -0.2) is 59.9 Å². The molecule has 0 spiro atoms. The van der Waals surface area contributed by atoms with Crippen molar-refractivity contribution in [3.05, 3.63) is 79.5 Å². The van der Waals surface area contributed by atoms with Crippen molar-refractivity contribution in [1.82, 2.24) is 9.78 Å². The van der Waals surface area contributed by atoms with Gasteiger partial charge in [0.05, 0.1) is 16.9 Å². The van der Waals surface area contributed by atoms with Crippen molar-refractivity contribution in [2.75, 3.05) is 37.0 Å². The average Bonchev–Trinajstić information content (AvgIpc) is 3.45. The Morgan fingerprint density at radius 1 is 1.13 bits per heavy atom. The molecule has 2 aliphatic rings. The molecule has 45 heavy (non-hydrogen) atoms. The van der Waals surface area contributed by atoms with Crippen molar-refractivity contribution in [2.24, 2.45) is 5.92 Å². The van der Waals surface area contributed by atoms with Crippen molar-refractivity contribution in [3.63, 3.8) is 0 Å². The van der Waals surface area contributed by atoms with Crippen LogP contribution in [0, 0.1) is 30.5 Å². The molecule has 1 aromatic heterocycles. The van der Waals surface area contributed by atoms with Crippen molar-refractivity contribution < 1.29 is 101 Å². The number of carboxylic acid groups (broad SMARTS) is 1. The number of nitrogens with zero attached hydrogens (tertiary/aromatic N) is 4. The first-order chi connectivity index (χ1) is 20.6. The summed E-state index contributed by atoms with van der Waals surface area (Å²) in [4.78, 5) is 11.2. The van der Waals surface area contributed by atoms with Crippen LogP contribution in [0.15, 0.2) is 60.7 Å². The van der Waals surface area contributed by atoms with Gasteiger partial charge in [-0.25, -0.2) is 13.9 Å². The number of alkyl halides is 3. The molecule has 2 aromatic carbocycles. The molecule has 1 aliphatic carbocycles. The Balaban J connectivity index is 0.000000706. The largest absolute Gasteiger partial charge is 1.00 e. The van der Waals surface area contributed by atoms with Gasteiger partial charge in [0.25, 0.3) is 0 Å². The number of ether oxygens (including phenoxy) is 1. The van der Waals surface area contributed by atoms with Crippen LogP contribution in [0.4, 0.5) is 29.1 Å². The maximum atomic E-state index is 14.5. The quantitative estimate of drug-likeness (QED) is 0.214. The molecular weight excluding hydrogens is 711 g/mol. The van der Waals surface area contributed by atoms with Gasteiger partial charge in [-0.2, -0.15) is 18.4 Å². The number of aromatic nitrogens is 2. The number of hydrogen-bond acceptors (Lipinski definition) is 6. The summed E-state index contributed by atoms with van der Waals surface area (Å²) in [7, 11) is 2.13. The molecule has 2 heterocycles. The van der Waals surface area contributed by atoms with E-state index in [0.29, 0.717) is 17.5 Å². The van der Waals surface area contributed by atoms with Crippen LogP contribution in [0.3, 0.4) is 0 Å². The van der Waals surface area contributed by atoms with E-state index in [1.165, 1.54) is 18.6 Å². The predicted molar refractivity (Wildman–Crippen MR) is 161 cm³/mol. The molecule has 2 N–H and O–H groups in total. The normalized spacial score (nSPS) is 16.2. The van der Waals surface area contributed by atoms with E-state index in [1.54, 1.807) is 6.07 Å². The van der Waals surface area contributed by atoms with Gasteiger partial charge >= 0.3 is 81.0 Å². The maximum absolute atomic E-state index is 14.5. The van der Waals surface area contributed by atoms with E-state index >= 15 is 0 Å². The molecule has 1 atom stereocenters. The number of halogens is 4. The smallest absolute Gasteiger partial charge is 0.475 e. The molecule has 1 saturated heterocycles. The first-order valence-electron chi connectivity index (χ1n) is 14.0. The minimum absolute atomic E-state index is 0.